The number of hydrogen-bond donors (Lipinski definition) is 3. The quantitative estimate of drug-likeness (QED) is 0.689. The summed E-state index contributed by atoms with van der Waals surface area (Å²) in [4.78, 5) is 11.4. The Balaban J connectivity index is 2.07. The zero-order chi connectivity index (χ0) is 14.3. The Morgan fingerprint density at radius 1 is 1.47 bits per heavy atom. The third kappa shape index (κ3) is 6.81. The summed E-state index contributed by atoms with van der Waals surface area (Å²) in [6, 6.07) is 2.17. The normalized spacial score (nSPS) is 13.1. The lowest BCUT2D eigenvalue weighted by molar-refractivity contribution is 0.0527. The molecule has 1 aromatic heterocycles. The van der Waals surface area contributed by atoms with Gasteiger partial charge in [0.1, 0.15) is 5.60 Å². The molecule has 0 radical (unpaired) electrons. The molecule has 6 nitrogen and oxygen atoms in total. The number of amides is 1. The summed E-state index contributed by atoms with van der Waals surface area (Å²) >= 11 is 0. The van der Waals surface area contributed by atoms with E-state index in [1.165, 1.54) is 0 Å². The predicted molar refractivity (Wildman–Crippen MR) is 73.9 cm³/mol. The number of aromatic nitrogens is 2. The van der Waals surface area contributed by atoms with Crippen LogP contribution in [0.4, 0.5) is 4.79 Å². The second-order valence-electron chi connectivity index (χ2n) is 5.47. The van der Waals surface area contributed by atoms with Gasteiger partial charge < -0.3 is 15.4 Å². The highest BCUT2D eigenvalue weighted by Gasteiger charge is 2.15. The van der Waals surface area contributed by atoms with E-state index in [4.69, 9.17) is 4.74 Å². The van der Waals surface area contributed by atoms with E-state index in [9.17, 15) is 4.79 Å². The van der Waals surface area contributed by atoms with Crippen molar-refractivity contribution >= 4 is 6.09 Å². The standard InChI is InChI=1S/C13H24N4O2/c1-10(11-6-9-16-17-11)14-7-5-8-15-12(18)19-13(2,3)4/h6,9-10,14H,5,7-8H2,1-4H3,(H,15,18)(H,16,17). The summed E-state index contributed by atoms with van der Waals surface area (Å²) in [7, 11) is 0. The molecular formula is C13H24N4O2. The average Bonchev–Trinajstić information content (AvgIpc) is 2.79. The van der Waals surface area contributed by atoms with E-state index >= 15 is 0 Å². The van der Waals surface area contributed by atoms with E-state index in [-0.39, 0.29) is 12.1 Å². The van der Waals surface area contributed by atoms with Crippen LogP contribution in [0.3, 0.4) is 0 Å². The molecule has 1 amide bonds. The van der Waals surface area contributed by atoms with Gasteiger partial charge in [0.25, 0.3) is 0 Å². The van der Waals surface area contributed by atoms with Gasteiger partial charge in [0, 0.05) is 18.8 Å². The second-order valence-corrected chi connectivity index (χ2v) is 5.47. The summed E-state index contributed by atoms with van der Waals surface area (Å²) in [5.41, 5.74) is 0.609. The summed E-state index contributed by atoms with van der Waals surface area (Å²) in [6.45, 7) is 9.02. The minimum absolute atomic E-state index is 0.226. The molecule has 0 fully saturated rings. The number of carbonyl (C=O) groups is 1. The van der Waals surface area contributed by atoms with Crippen molar-refractivity contribution in [3.05, 3.63) is 18.0 Å². The van der Waals surface area contributed by atoms with Crippen LogP contribution in [-0.2, 0) is 4.74 Å². The molecule has 19 heavy (non-hydrogen) atoms. The Hall–Kier alpha value is -1.56. The minimum atomic E-state index is -0.447. The van der Waals surface area contributed by atoms with Crippen LogP contribution >= 0.6 is 0 Å². The number of nitrogens with zero attached hydrogens (tertiary/aromatic N) is 1. The molecule has 1 unspecified atom stereocenters. The Morgan fingerprint density at radius 3 is 2.79 bits per heavy atom. The van der Waals surface area contributed by atoms with E-state index in [1.54, 1.807) is 6.20 Å². The third-order valence-corrected chi connectivity index (χ3v) is 2.46. The van der Waals surface area contributed by atoms with Crippen LogP contribution in [0.5, 0.6) is 0 Å². The summed E-state index contributed by atoms with van der Waals surface area (Å²) in [6.07, 6.45) is 2.21. The Kier molecular flexibility index (Phi) is 5.82. The monoisotopic (exact) mass is 268 g/mol. The highest BCUT2D eigenvalue weighted by atomic mass is 16.6. The molecule has 0 aliphatic rings. The van der Waals surface area contributed by atoms with Crippen LogP contribution in [-0.4, -0.2) is 35.0 Å². The van der Waals surface area contributed by atoms with Gasteiger partial charge in [0.2, 0.25) is 0 Å². The first kappa shape index (κ1) is 15.5. The zero-order valence-electron chi connectivity index (χ0n) is 12.1. The van der Waals surface area contributed by atoms with Gasteiger partial charge in [-0.1, -0.05) is 0 Å². The maximum absolute atomic E-state index is 11.4. The number of alkyl carbamates (subject to hydrolysis) is 1. The van der Waals surface area contributed by atoms with Crippen molar-refractivity contribution in [3.8, 4) is 0 Å². The first-order valence-electron chi connectivity index (χ1n) is 6.58. The van der Waals surface area contributed by atoms with Crippen LogP contribution in [0.25, 0.3) is 0 Å². The van der Waals surface area contributed by atoms with Crippen molar-refractivity contribution in [1.29, 1.82) is 0 Å². The van der Waals surface area contributed by atoms with Gasteiger partial charge in [-0.3, -0.25) is 5.10 Å². The highest BCUT2D eigenvalue weighted by Crippen LogP contribution is 2.07. The van der Waals surface area contributed by atoms with Crippen LogP contribution in [0.1, 0.15) is 45.9 Å². The minimum Gasteiger partial charge on any atom is -0.444 e. The van der Waals surface area contributed by atoms with Crippen molar-refractivity contribution in [2.75, 3.05) is 13.1 Å². The molecule has 108 valence electrons. The smallest absolute Gasteiger partial charge is 0.407 e. The molecular weight excluding hydrogens is 244 g/mol. The Morgan fingerprint density at radius 2 is 2.21 bits per heavy atom. The number of aromatic amines is 1. The number of H-pyrrole nitrogens is 1. The SMILES string of the molecule is CC(NCCCNC(=O)OC(C)(C)C)c1ccn[nH]1. The van der Waals surface area contributed by atoms with Gasteiger partial charge in [0.05, 0.1) is 5.69 Å². The van der Waals surface area contributed by atoms with E-state index < -0.39 is 5.60 Å². The predicted octanol–water partition coefficient (Wildman–Crippen LogP) is 1.98. The molecule has 0 aromatic carbocycles. The second kappa shape index (κ2) is 7.13. The maximum Gasteiger partial charge on any atom is 0.407 e. The lowest BCUT2D eigenvalue weighted by Gasteiger charge is -2.19. The molecule has 3 N–H and O–H groups in total. The van der Waals surface area contributed by atoms with E-state index in [2.05, 4.69) is 27.8 Å². The number of hydrogen-bond acceptors (Lipinski definition) is 4. The fraction of sp³-hybridized carbons (Fsp3) is 0.692. The average molecular weight is 268 g/mol. The summed E-state index contributed by atoms with van der Waals surface area (Å²) < 4.78 is 5.14. The summed E-state index contributed by atoms with van der Waals surface area (Å²) in [5, 5.41) is 12.9. The number of rotatable bonds is 6. The van der Waals surface area contributed by atoms with Crippen molar-refractivity contribution in [3.63, 3.8) is 0 Å². The Labute approximate surface area is 114 Å². The van der Waals surface area contributed by atoms with E-state index in [0.29, 0.717) is 6.54 Å². The van der Waals surface area contributed by atoms with Gasteiger partial charge in [-0.15, -0.1) is 0 Å². The van der Waals surface area contributed by atoms with Gasteiger partial charge in [-0.2, -0.15) is 5.10 Å². The topological polar surface area (TPSA) is 79.0 Å². The van der Waals surface area contributed by atoms with Crippen LogP contribution in [0.2, 0.25) is 0 Å². The van der Waals surface area contributed by atoms with Crippen molar-refractivity contribution < 1.29 is 9.53 Å². The summed E-state index contributed by atoms with van der Waals surface area (Å²) in [5.74, 6) is 0. The number of carbonyl (C=O) groups excluding carboxylic acids is 1. The van der Waals surface area contributed by atoms with Crippen LogP contribution < -0.4 is 10.6 Å². The maximum atomic E-state index is 11.4. The molecule has 0 spiro atoms. The zero-order valence-corrected chi connectivity index (χ0v) is 12.1. The van der Waals surface area contributed by atoms with Gasteiger partial charge in [-0.25, -0.2) is 4.79 Å². The molecule has 6 heteroatoms. The molecule has 0 aliphatic carbocycles. The van der Waals surface area contributed by atoms with Gasteiger partial charge >= 0.3 is 6.09 Å². The van der Waals surface area contributed by atoms with Crippen molar-refractivity contribution in [1.82, 2.24) is 20.8 Å². The van der Waals surface area contributed by atoms with Crippen molar-refractivity contribution in [2.24, 2.45) is 0 Å². The lowest BCUT2D eigenvalue weighted by Crippen LogP contribution is -2.34. The molecule has 0 bridgehead atoms. The fourth-order valence-electron chi connectivity index (χ4n) is 1.53. The van der Waals surface area contributed by atoms with Gasteiger partial charge in [0.15, 0.2) is 0 Å². The first-order valence-corrected chi connectivity index (χ1v) is 6.58. The van der Waals surface area contributed by atoms with E-state index in [1.807, 2.05) is 26.8 Å². The number of nitrogens with one attached hydrogen (secondary N) is 3. The fourth-order valence-corrected chi connectivity index (χ4v) is 1.53. The van der Waals surface area contributed by atoms with Crippen LogP contribution in [0.15, 0.2) is 12.3 Å². The van der Waals surface area contributed by atoms with Gasteiger partial charge in [-0.05, 0) is 46.7 Å². The van der Waals surface area contributed by atoms with Crippen molar-refractivity contribution in [2.45, 2.75) is 45.8 Å². The molecule has 0 saturated carbocycles. The molecule has 1 rings (SSSR count). The largest absolute Gasteiger partial charge is 0.444 e. The lowest BCUT2D eigenvalue weighted by atomic mass is 10.2. The van der Waals surface area contributed by atoms with Crippen LogP contribution in [0, 0.1) is 0 Å². The third-order valence-electron chi connectivity index (χ3n) is 2.46. The molecule has 1 atom stereocenters. The molecule has 0 saturated heterocycles. The molecule has 1 heterocycles. The first-order chi connectivity index (χ1) is 8.88. The molecule has 1 aromatic rings. The Bertz CT molecular complexity index is 370. The molecule has 0 aliphatic heterocycles. The highest BCUT2D eigenvalue weighted by molar-refractivity contribution is 5.67. The van der Waals surface area contributed by atoms with E-state index in [0.717, 1.165) is 18.7 Å². The number of ether oxygens (including phenoxy) is 1.